The third-order valence-corrected chi connectivity index (χ3v) is 3.34. The molecule has 0 aliphatic heterocycles. The van der Waals surface area contributed by atoms with Crippen LogP contribution < -0.4 is 4.57 Å². The summed E-state index contributed by atoms with van der Waals surface area (Å²) in [7, 11) is 0. The second-order valence-corrected chi connectivity index (χ2v) is 5.19. The number of nitrogens with zero attached hydrogens (tertiary/aromatic N) is 2. The summed E-state index contributed by atoms with van der Waals surface area (Å²) in [6.07, 6.45) is 10.5. The SMILES string of the molecule is CCCCC[n+]1ccn(CCSCC)c1. The van der Waals surface area contributed by atoms with E-state index in [4.69, 9.17) is 0 Å². The topological polar surface area (TPSA) is 8.81 Å². The second kappa shape index (κ2) is 7.80. The van der Waals surface area contributed by atoms with Gasteiger partial charge < -0.3 is 0 Å². The van der Waals surface area contributed by atoms with Gasteiger partial charge in [0.1, 0.15) is 12.4 Å². The van der Waals surface area contributed by atoms with Crippen LogP contribution in [0.4, 0.5) is 0 Å². The van der Waals surface area contributed by atoms with Gasteiger partial charge in [-0.1, -0.05) is 20.3 Å². The molecular formula is C12H23N2S+. The van der Waals surface area contributed by atoms with Gasteiger partial charge in [0.05, 0.1) is 13.1 Å². The minimum Gasteiger partial charge on any atom is -0.237 e. The van der Waals surface area contributed by atoms with Crippen LogP contribution in [-0.4, -0.2) is 16.1 Å². The lowest BCUT2D eigenvalue weighted by atomic mass is 10.2. The maximum Gasteiger partial charge on any atom is 0.243 e. The lowest BCUT2D eigenvalue weighted by Crippen LogP contribution is -2.30. The molecule has 0 aliphatic rings. The summed E-state index contributed by atoms with van der Waals surface area (Å²) in [6.45, 7) is 6.77. The quantitative estimate of drug-likeness (QED) is 0.490. The number of hydrogen-bond donors (Lipinski definition) is 0. The predicted molar refractivity (Wildman–Crippen MR) is 67.2 cm³/mol. The zero-order valence-electron chi connectivity index (χ0n) is 9.98. The normalized spacial score (nSPS) is 10.8. The Morgan fingerprint density at radius 1 is 1.27 bits per heavy atom. The molecule has 0 saturated carbocycles. The van der Waals surface area contributed by atoms with Crippen LogP contribution in [-0.2, 0) is 13.1 Å². The van der Waals surface area contributed by atoms with Gasteiger partial charge >= 0.3 is 0 Å². The summed E-state index contributed by atoms with van der Waals surface area (Å²) < 4.78 is 4.58. The predicted octanol–water partition coefficient (Wildman–Crippen LogP) is 2.72. The Bertz CT molecular complexity index is 233. The van der Waals surface area contributed by atoms with E-state index < -0.39 is 0 Å². The molecule has 86 valence electrons. The van der Waals surface area contributed by atoms with E-state index in [0.717, 1.165) is 6.54 Å². The first-order valence-corrected chi connectivity index (χ1v) is 7.14. The number of aromatic nitrogens is 2. The van der Waals surface area contributed by atoms with Gasteiger partial charge in [-0.25, -0.2) is 9.13 Å². The van der Waals surface area contributed by atoms with Crippen molar-refractivity contribution in [2.24, 2.45) is 0 Å². The average Bonchev–Trinajstić information content (AvgIpc) is 2.67. The molecule has 0 unspecified atom stereocenters. The van der Waals surface area contributed by atoms with Gasteiger partial charge in [0, 0.05) is 5.75 Å². The van der Waals surface area contributed by atoms with Crippen LogP contribution in [0.2, 0.25) is 0 Å². The van der Waals surface area contributed by atoms with Crippen LogP contribution in [0.1, 0.15) is 33.1 Å². The van der Waals surface area contributed by atoms with E-state index >= 15 is 0 Å². The Labute approximate surface area is 97.7 Å². The standard InChI is InChI=1S/C12H23N2S/c1-3-5-6-7-13-8-9-14(12-13)10-11-15-4-2/h8-9,12H,3-7,10-11H2,1-2H3/q+1. The van der Waals surface area contributed by atoms with Crippen molar-refractivity contribution in [2.75, 3.05) is 11.5 Å². The van der Waals surface area contributed by atoms with Gasteiger partial charge in [0.2, 0.25) is 6.33 Å². The molecule has 1 aromatic heterocycles. The van der Waals surface area contributed by atoms with Gasteiger partial charge in [-0.3, -0.25) is 0 Å². The number of imidazole rings is 1. The minimum atomic E-state index is 1.14. The monoisotopic (exact) mass is 227 g/mol. The third kappa shape index (κ3) is 5.26. The molecule has 1 rings (SSSR count). The highest BCUT2D eigenvalue weighted by Gasteiger charge is 2.02. The highest BCUT2D eigenvalue weighted by molar-refractivity contribution is 7.99. The number of hydrogen-bond acceptors (Lipinski definition) is 1. The molecule has 3 heteroatoms. The van der Waals surface area contributed by atoms with Crippen LogP contribution in [0.3, 0.4) is 0 Å². The second-order valence-electron chi connectivity index (χ2n) is 3.79. The number of rotatable bonds is 8. The largest absolute Gasteiger partial charge is 0.243 e. The zero-order valence-corrected chi connectivity index (χ0v) is 10.8. The summed E-state index contributed by atoms with van der Waals surface area (Å²) in [5.41, 5.74) is 0. The molecule has 2 nitrogen and oxygen atoms in total. The molecular weight excluding hydrogens is 204 g/mol. The van der Waals surface area contributed by atoms with Crippen molar-refractivity contribution < 1.29 is 4.57 Å². The molecule has 1 aromatic rings. The third-order valence-electron chi connectivity index (χ3n) is 2.46. The molecule has 0 fully saturated rings. The van der Waals surface area contributed by atoms with E-state index in [2.05, 4.69) is 41.7 Å². The lowest BCUT2D eigenvalue weighted by Gasteiger charge is -1.96. The number of aryl methyl sites for hydroxylation is 2. The fourth-order valence-corrected chi connectivity index (χ4v) is 2.19. The molecule has 0 aliphatic carbocycles. The van der Waals surface area contributed by atoms with Crippen LogP contribution >= 0.6 is 11.8 Å². The summed E-state index contributed by atoms with van der Waals surface area (Å²) in [4.78, 5) is 0. The number of thioether (sulfide) groups is 1. The molecule has 0 atom stereocenters. The lowest BCUT2D eigenvalue weighted by molar-refractivity contribution is -0.696. The van der Waals surface area contributed by atoms with Crippen molar-refractivity contribution in [1.82, 2.24) is 4.57 Å². The van der Waals surface area contributed by atoms with Crippen LogP contribution in [0.15, 0.2) is 18.7 Å². The first kappa shape index (κ1) is 12.6. The number of unbranched alkanes of at least 4 members (excludes halogenated alkanes) is 2. The molecule has 15 heavy (non-hydrogen) atoms. The Kier molecular flexibility index (Phi) is 6.57. The first-order chi connectivity index (χ1) is 7.36. The van der Waals surface area contributed by atoms with Gasteiger partial charge in [-0.15, -0.1) is 0 Å². The van der Waals surface area contributed by atoms with E-state index in [-0.39, 0.29) is 0 Å². The molecule has 0 aromatic carbocycles. The van der Waals surface area contributed by atoms with Crippen molar-refractivity contribution in [1.29, 1.82) is 0 Å². The zero-order chi connectivity index (χ0) is 10.9. The Hall–Kier alpha value is -0.440. The minimum absolute atomic E-state index is 1.14. The summed E-state index contributed by atoms with van der Waals surface area (Å²) in [5, 5.41) is 0. The van der Waals surface area contributed by atoms with Gasteiger partial charge in [0.15, 0.2) is 0 Å². The maximum atomic E-state index is 2.30. The fourth-order valence-electron chi connectivity index (χ4n) is 1.56. The van der Waals surface area contributed by atoms with Crippen molar-refractivity contribution in [3.63, 3.8) is 0 Å². The molecule has 1 heterocycles. The van der Waals surface area contributed by atoms with Crippen molar-refractivity contribution in [3.8, 4) is 0 Å². The smallest absolute Gasteiger partial charge is 0.237 e. The van der Waals surface area contributed by atoms with E-state index in [9.17, 15) is 0 Å². The van der Waals surface area contributed by atoms with Crippen molar-refractivity contribution >= 4 is 11.8 Å². The van der Waals surface area contributed by atoms with Crippen LogP contribution in [0.5, 0.6) is 0 Å². The van der Waals surface area contributed by atoms with E-state index in [1.165, 1.54) is 37.3 Å². The highest BCUT2D eigenvalue weighted by Crippen LogP contribution is 1.99. The Balaban J connectivity index is 2.23. The maximum absolute atomic E-state index is 2.30. The molecule has 0 amide bonds. The fraction of sp³-hybridized carbons (Fsp3) is 0.750. The first-order valence-electron chi connectivity index (χ1n) is 5.99. The summed E-state index contributed by atoms with van der Waals surface area (Å²) >= 11 is 2.00. The van der Waals surface area contributed by atoms with E-state index in [1.807, 2.05) is 11.8 Å². The average molecular weight is 227 g/mol. The summed E-state index contributed by atoms with van der Waals surface area (Å²) in [5.74, 6) is 2.44. The van der Waals surface area contributed by atoms with Gasteiger partial charge in [0.25, 0.3) is 0 Å². The van der Waals surface area contributed by atoms with Crippen molar-refractivity contribution in [3.05, 3.63) is 18.7 Å². The Morgan fingerprint density at radius 2 is 2.13 bits per heavy atom. The molecule has 0 saturated heterocycles. The molecule has 0 spiro atoms. The van der Waals surface area contributed by atoms with Gasteiger partial charge in [-0.05, 0) is 18.6 Å². The van der Waals surface area contributed by atoms with E-state index in [0.29, 0.717) is 0 Å². The van der Waals surface area contributed by atoms with E-state index in [1.54, 1.807) is 0 Å². The van der Waals surface area contributed by atoms with Crippen LogP contribution in [0.25, 0.3) is 0 Å². The summed E-state index contributed by atoms with van der Waals surface area (Å²) in [6, 6.07) is 0. The van der Waals surface area contributed by atoms with Crippen LogP contribution in [0, 0.1) is 0 Å². The molecule has 0 N–H and O–H groups in total. The van der Waals surface area contributed by atoms with Gasteiger partial charge in [-0.2, -0.15) is 11.8 Å². The Morgan fingerprint density at radius 3 is 2.87 bits per heavy atom. The molecule has 0 radical (unpaired) electrons. The molecule has 0 bridgehead atoms. The van der Waals surface area contributed by atoms with Crippen molar-refractivity contribution in [2.45, 2.75) is 46.2 Å². The highest BCUT2D eigenvalue weighted by atomic mass is 32.2.